The highest BCUT2D eigenvalue weighted by Crippen LogP contribution is 2.29. The number of hydrogen-bond acceptors (Lipinski definition) is 3. The van der Waals surface area contributed by atoms with Crippen molar-refractivity contribution in [3.8, 4) is 5.75 Å². The first-order chi connectivity index (χ1) is 8.13. The molecule has 1 unspecified atom stereocenters. The fourth-order valence-electron chi connectivity index (χ4n) is 1.94. The molecule has 17 heavy (non-hydrogen) atoms. The third-order valence-electron chi connectivity index (χ3n) is 3.02. The summed E-state index contributed by atoms with van der Waals surface area (Å²) in [5.74, 6) is 0.598. The molecule has 2 N–H and O–H groups in total. The number of fused-ring (bicyclic) bond motifs is 1. The maximum Gasteiger partial charge on any atom is 0.128 e. The maximum absolute atomic E-state index is 8.14. The van der Waals surface area contributed by atoms with Crippen LogP contribution in [0.15, 0.2) is 24.8 Å². The zero-order valence-electron chi connectivity index (χ0n) is 9.92. The van der Waals surface area contributed by atoms with E-state index in [1.54, 1.807) is 0 Å². The Hall–Kier alpha value is -1.90. The van der Waals surface area contributed by atoms with E-state index in [0.717, 1.165) is 22.4 Å². The molecule has 3 heteroatoms. The van der Waals surface area contributed by atoms with Crippen LogP contribution in [0.1, 0.15) is 24.5 Å². The van der Waals surface area contributed by atoms with Crippen molar-refractivity contribution in [2.24, 2.45) is 5.92 Å². The van der Waals surface area contributed by atoms with Crippen LogP contribution >= 0.6 is 0 Å². The maximum atomic E-state index is 8.14. The Balaban J connectivity index is 2.50. The molecule has 1 atom stereocenters. The first-order valence-corrected chi connectivity index (χ1v) is 5.65. The lowest BCUT2D eigenvalue weighted by atomic mass is 9.93. The van der Waals surface area contributed by atoms with Crippen LogP contribution in [0.3, 0.4) is 0 Å². The molecule has 0 fully saturated rings. The summed E-state index contributed by atoms with van der Waals surface area (Å²) in [6.07, 6.45) is 2.02. The number of hydrogen-bond donors (Lipinski definition) is 2. The monoisotopic (exact) mass is 228 g/mol. The molecule has 3 nitrogen and oxygen atoms in total. The molecular weight excluding hydrogens is 212 g/mol. The minimum atomic E-state index is -0.142. The molecule has 1 heterocycles. The fourth-order valence-corrected chi connectivity index (χ4v) is 1.94. The lowest BCUT2D eigenvalue weighted by Gasteiger charge is -2.11. The lowest BCUT2D eigenvalue weighted by molar-refractivity contribution is 0.312. The second kappa shape index (κ2) is 4.53. The standard InChI is InChI=1S/C14H16N2O/c1-9(2)10-3-4-13-12(7-10)14(16)11(8-15)5-6-17-13/h3-4,7-8,11,15-16H,1,5-6H2,2H3. The van der Waals surface area contributed by atoms with Gasteiger partial charge in [0.15, 0.2) is 0 Å². The van der Waals surface area contributed by atoms with E-state index in [-0.39, 0.29) is 5.92 Å². The predicted molar refractivity (Wildman–Crippen MR) is 70.4 cm³/mol. The minimum Gasteiger partial charge on any atom is -0.493 e. The number of rotatable bonds is 2. The van der Waals surface area contributed by atoms with Gasteiger partial charge in [0, 0.05) is 17.7 Å². The molecule has 1 aliphatic heterocycles. The summed E-state index contributed by atoms with van der Waals surface area (Å²) in [7, 11) is 0. The molecule has 0 saturated heterocycles. The van der Waals surface area contributed by atoms with Gasteiger partial charge in [-0.15, -0.1) is 0 Å². The van der Waals surface area contributed by atoms with E-state index in [1.807, 2.05) is 25.1 Å². The van der Waals surface area contributed by atoms with E-state index in [0.29, 0.717) is 18.7 Å². The van der Waals surface area contributed by atoms with Crippen molar-refractivity contribution in [1.29, 1.82) is 10.8 Å². The Bertz CT molecular complexity index is 491. The Labute approximate surface area is 101 Å². The van der Waals surface area contributed by atoms with Gasteiger partial charge in [-0.25, -0.2) is 0 Å². The van der Waals surface area contributed by atoms with Crippen LogP contribution in [0.2, 0.25) is 0 Å². The van der Waals surface area contributed by atoms with Crippen LogP contribution in [-0.4, -0.2) is 18.5 Å². The Morgan fingerprint density at radius 2 is 2.29 bits per heavy atom. The highest BCUT2D eigenvalue weighted by atomic mass is 16.5. The molecule has 88 valence electrons. The Morgan fingerprint density at radius 1 is 1.53 bits per heavy atom. The van der Waals surface area contributed by atoms with Gasteiger partial charge < -0.3 is 15.6 Å². The van der Waals surface area contributed by atoms with Gasteiger partial charge in [-0.3, -0.25) is 0 Å². The van der Waals surface area contributed by atoms with Crippen molar-refractivity contribution in [3.63, 3.8) is 0 Å². The molecule has 0 amide bonds. The van der Waals surface area contributed by atoms with Crippen molar-refractivity contribution in [1.82, 2.24) is 0 Å². The van der Waals surface area contributed by atoms with Crippen molar-refractivity contribution in [2.45, 2.75) is 13.3 Å². The number of ether oxygens (including phenoxy) is 1. The Morgan fingerprint density at radius 3 is 2.94 bits per heavy atom. The lowest BCUT2D eigenvalue weighted by Crippen LogP contribution is -2.15. The normalized spacial score (nSPS) is 18.9. The third kappa shape index (κ3) is 2.13. The molecule has 0 bridgehead atoms. The largest absolute Gasteiger partial charge is 0.493 e. The van der Waals surface area contributed by atoms with Gasteiger partial charge in [0.05, 0.1) is 12.3 Å². The number of nitrogens with one attached hydrogen (secondary N) is 2. The van der Waals surface area contributed by atoms with Gasteiger partial charge in [-0.05, 0) is 31.0 Å². The smallest absolute Gasteiger partial charge is 0.128 e. The second-order valence-corrected chi connectivity index (χ2v) is 4.32. The topological polar surface area (TPSA) is 56.9 Å². The summed E-state index contributed by atoms with van der Waals surface area (Å²) in [5.41, 5.74) is 3.24. The molecule has 0 aliphatic carbocycles. The van der Waals surface area contributed by atoms with Crippen molar-refractivity contribution in [2.75, 3.05) is 6.61 Å². The number of benzene rings is 1. The van der Waals surface area contributed by atoms with E-state index in [1.165, 1.54) is 6.21 Å². The molecule has 0 spiro atoms. The van der Waals surface area contributed by atoms with Crippen molar-refractivity contribution < 1.29 is 4.74 Å². The van der Waals surface area contributed by atoms with Crippen LogP contribution in [0.5, 0.6) is 5.75 Å². The highest BCUT2D eigenvalue weighted by molar-refractivity contribution is 6.09. The summed E-state index contributed by atoms with van der Waals surface area (Å²) in [5, 5.41) is 15.5. The van der Waals surface area contributed by atoms with Crippen LogP contribution in [0.4, 0.5) is 0 Å². The van der Waals surface area contributed by atoms with Gasteiger partial charge in [0.1, 0.15) is 5.75 Å². The van der Waals surface area contributed by atoms with Gasteiger partial charge in [-0.2, -0.15) is 0 Å². The van der Waals surface area contributed by atoms with Crippen LogP contribution in [0.25, 0.3) is 5.57 Å². The fraction of sp³-hybridized carbons (Fsp3) is 0.286. The van der Waals surface area contributed by atoms with Crippen LogP contribution in [-0.2, 0) is 0 Å². The van der Waals surface area contributed by atoms with Gasteiger partial charge in [0.2, 0.25) is 0 Å². The first-order valence-electron chi connectivity index (χ1n) is 5.65. The average Bonchev–Trinajstić information content (AvgIpc) is 2.48. The SMILES string of the molecule is C=C(C)c1ccc2c(c1)C(=N)C(C=N)CCO2. The first kappa shape index (κ1) is 11.6. The summed E-state index contributed by atoms with van der Waals surface area (Å²) < 4.78 is 5.61. The van der Waals surface area contributed by atoms with E-state index in [9.17, 15) is 0 Å². The summed E-state index contributed by atoms with van der Waals surface area (Å²) >= 11 is 0. The molecule has 0 saturated carbocycles. The van der Waals surface area contributed by atoms with E-state index in [4.69, 9.17) is 15.6 Å². The van der Waals surface area contributed by atoms with Gasteiger partial charge in [0.25, 0.3) is 0 Å². The summed E-state index contributed by atoms with van der Waals surface area (Å²) in [4.78, 5) is 0. The van der Waals surface area contributed by atoms with E-state index in [2.05, 4.69) is 6.58 Å². The summed E-state index contributed by atoms with van der Waals surface area (Å²) in [6, 6.07) is 5.78. The summed E-state index contributed by atoms with van der Waals surface area (Å²) in [6.45, 7) is 6.40. The third-order valence-corrected chi connectivity index (χ3v) is 3.02. The van der Waals surface area contributed by atoms with Crippen LogP contribution < -0.4 is 4.74 Å². The molecular formula is C14H16N2O. The van der Waals surface area contributed by atoms with Gasteiger partial charge in [-0.1, -0.05) is 18.2 Å². The molecule has 1 aromatic carbocycles. The quantitative estimate of drug-likeness (QED) is 0.751. The predicted octanol–water partition coefficient (Wildman–Crippen LogP) is 3.14. The highest BCUT2D eigenvalue weighted by Gasteiger charge is 2.21. The van der Waals surface area contributed by atoms with E-state index < -0.39 is 0 Å². The molecule has 2 rings (SSSR count). The van der Waals surface area contributed by atoms with Crippen LogP contribution in [0, 0.1) is 16.7 Å². The van der Waals surface area contributed by atoms with Crippen molar-refractivity contribution in [3.05, 3.63) is 35.9 Å². The van der Waals surface area contributed by atoms with Gasteiger partial charge >= 0.3 is 0 Å². The number of allylic oxidation sites excluding steroid dienone is 1. The van der Waals surface area contributed by atoms with Crippen molar-refractivity contribution >= 4 is 17.5 Å². The Kier molecular flexibility index (Phi) is 3.09. The molecule has 0 radical (unpaired) electrons. The second-order valence-electron chi connectivity index (χ2n) is 4.32. The molecule has 1 aromatic rings. The minimum absolute atomic E-state index is 0.142. The average molecular weight is 228 g/mol. The molecule has 1 aliphatic rings. The zero-order chi connectivity index (χ0) is 12.4. The zero-order valence-corrected chi connectivity index (χ0v) is 9.92. The van der Waals surface area contributed by atoms with E-state index >= 15 is 0 Å². The molecule has 0 aromatic heterocycles.